The Hall–Kier alpha value is -1.70. The van der Waals surface area contributed by atoms with Gasteiger partial charge < -0.3 is 90.3 Å². The van der Waals surface area contributed by atoms with Crippen LogP contribution in [0.4, 0.5) is 0 Å². The topological polar surface area (TPSA) is 335 Å². The Morgan fingerprint density at radius 1 is 0.907 bits per heavy atom. The van der Waals surface area contributed by atoms with Gasteiger partial charge in [-0.05, 0) is 0 Å². The highest BCUT2D eigenvalue weighted by Crippen LogP contribution is 2.38. The summed E-state index contributed by atoms with van der Waals surface area (Å²) in [4.78, 5) is 24.3. The maximum atomic E-state index is 12.5. The zero-order valence-corrected chi connectivity index (χ0v) is 22.7. The molecule has 3 heterocycles. The van der Waals surface area contributed by atoms with Gasteiger partial charge in [-0.3, -0.25) is 4.79 Å². The Labute approximate surface area is 243 Å². The van der Waals surface area contributed by atoms with Gasteiger partial charge in [0, 0.05) is 13.3 Å². The number of rotatable bonds is 11. The molecule has 13 N–H and O–H groups in total. The van der Waals surface area contributed by atoms with Gasteiger partial charge in [-0.25, -0.2) is 4.79 Å². The van der Waals surface area contributed by atoms with Gasteiger partial charge in [-0.2, -0.15) is 0 Å². The van der Waals surface area contributed by atoms with Crippen molar-refractivity contribution in [2.24, 2.45) is 0 Å². The van der Waals surface area contributed by atoms with E-state index >= 15 is 0 Å². The Kier molecular flexibility index (Phi) is 12.1. The van der Waals surface area contributed by atoms with Crippen LogP contribution in [0.15, 0.2) is 0 Å². The molecule has 0 spiro atoms. The van der Waals surface area contributed by atoms with Crippen LogP contribution in [0, 0.1) is 0 Å². The van der Waals surface area contributed by atoms with E-state index in [1.54, 1.807) is 0 Å². The van der Waals surface area contributed by atoms with E-state index in [4.69, 9.17) is 23.7 Å². The van der Waals surface area contributed by atoms with Gasteiger partial charge in [0.15, 0.2) is 12.6 Å². The quantitative estimate of drug-likeness (QED) is 0.100. The van der Waals surface area contributed by atoms with Gasteiger partial charge in [-0.1, -0.05) is 0 Å². The Bertz CT molecular complexity index is 942. The molecule has 0 aromatic carbocycles. The van der Waals surface area contributed by atoms with E-state index in [1.807, 2.05) is 0 Å². The summed E-state index contributed by atoms with van der Waals surface area (Å²) >= 11 is 0. The van der Waals surface area contributed by atoms with Crippen LogP contribution in [-0.2, 0) is 33.3 Å². The smallest absolute Gasteiger partial charge is 0.364 e. The van der Waals surface area contributed by atoms with Crippen molar-refractivity contribution < 1.29 is 94.6 Å². The molecule has 1 amide bonds. The molecule has 0 aromatic heterocycles. The first-order valence-corrected chi connectivity index (χ1v) is 13.2. The van der Waals surface area contributed by atoms with E-state index in [0.29, 0.717) is 0 Å². The fourth-order valence-corrected chi connectivity index (χ4v) is 5.16. The SMILES string of the molecule is CC(=O)NC1C(O)CC(OC2C(O)C(CO)OC(OC3C(CO)OC(O)C(O)C3O)C2O)(C(=O)O)OC1C(O)C(O)CO. The second-order valence-electron chi connectivity index (χ2n) is 10.5. The molecule has 0 radical (unpaired) electrons. The summed E-state index contributed by atoms with van der Waals surface area (Å²) in [6.07, 6.45) is -27.8. The van der Waals surface area contributed by atoms with Crippen LogP contribution < -0.4 is 5.32 Å². The molecule has 3 aliphatic rings. The van der Waals surface area contributed by atoms with Crippen molar-refractivity contribution in [1.82, 2.24) is 5.32 Å². The lowest BCUT2D eigenvalue weighted by Gasteiger charge is -2.50. The van der Waals surface area contributed by atoms with Gasteiger partial charge in [0.25, 0.3) is 5.79 Å². The maximum Gasteiger partial charge on any atom is 0.364 e. The lowest BCUT2D eigenvalue weighted by atomic mass is 9.88. The molecular formula is C23H39NO19. The number of aliphatic hydroxyl groups excluding tert-OH is 11. The summed E-state index contributed by atoms with van der Waals surface area (Å²) < 4.78 is 26.8. The average molecular weight is 634 g/mol. The van der Waals surface area contributed by atoms with Crippen LogP contribution in [0.3, 0.4) is 0 Å². The van der Waals surface area contributed by atoms with Gasteiger partial charge in [0.05, 0.1) is 32.0 Å². The molecule has 16 atom stereocenters. The first-order valence-electron chi connectivity index (χ1n) is 13.2. The van der Waals surface area contributed by atoms with Crippen LogP contribution in [0.25, 0.3) is 0 Å². The predicted molar refractivity (Wildman–Crippen MR) is 130 cm³/mol. The zero-order chi connectivity index (χ0) is 32.4. The molecule has 3 saturated heterocycles. The lowest BCUT2D eigenvalue weighted by Crippen LogP contribution is -2.70. The number of hydrogen-bond donors (Lipinski definition) is 13. The number of carbonyl (C=O) groups excluding carboxylic acids is 1. The number of carbonyl (C=O) groups is 2. The van der Waals surface area contributed by atoms with Crippen molar-refractivity contribution in [2.75, 3.05) is 19.8 Å². The molecule has 250 valence electrons. The van der Waals surface area contributed by atoms with E-state index in [2.05, 4.69) is 5.32 Å². The molecule has 16 unspecified atom stereocenters. The van der Waals surface area contributed by atoms with Crippen LogP contribution in [0.2, 0.25) is 0 Å². The molecule has 3 aliphatic heterocycles. The number of aliphatic carboxylic acids is 1. The Balaban J connectivity index is 1.94. The van der Waals surface area contributed by atoms with E-state index in [9.17, 15) is 70.9 Å². The number of carboxylic acids is 1. The van der Waals surface area contributed by atoms with Gasteiger partial charge in [0.2, 0.25) is 5.91 Å². The van der Waals surface area contributed by atoms with Crippen molar-refractivity contribution >= 4 is 11.9 Å². The van der Waals surface area contributed by atoms with Gasteiger partial charge in [0.1, 0.15) is 67.1 Å². The van der Waals surface area contributed by atoms with E-state index in [-0.39, 0.29) is 0 Å². The standard InChI is InChI=1S/C23H39NO19/c1-6(28)24-11-7(29)2-23(22(37)38,42-18(11)12(31)8(30)3-25)43-19-13(32)9(4-26)40-21(16(19)35)41-17-10(5-27)39-20(36)15(34)14(17)33/h7-21,25-27,29-36H,2-5H2,1H3,(H,24,28)(H,37,38). The fraction of sp³-hybridized carbons (Fsp3) is 0.913. The maximum absolute atomic E-state index is 12.5. The molecule has 0 aliphatic carbocycles. The van der Waals surface area contributed by atoms with E-state index in [0.717, 1.165) is 6.92 Å². The third-order valence-corrected chi connectivity index (χ3v) is 7.47. The Morgan fingerprint density at radius 2 is 1.53 bits per heavy atom. The number of amides is 1. The second kappa shape index (κ2) is 14.6. The minimum Gasteiger partial charge on any atom is -0.477 e. The highest BCUT2D eigenvalue weighted by Gasteiger charge is 2.60. The van der Waals surface area contributed by atoms with Crippen molar-refractivity contribution in [3.8, 4) is 0 Å². The number of hydrogen-bond acceptors (Lipinski definition) is 18. The Morgan fingerprint density at radius 3 is 2.07 bits per heavy atom. The van der Waals surface area contributed by atoms with Crippen LogP contribution in [0.1, 0.15) is 13.3 Å². The lowest BCUT2D eigenvalue weighted by molar-refractivity contribution is -0.385. The monoisotopic (exact) mass is 633 g/mol. The zero-order valence-electron chi connectivity index (χ0n) is 22.7. The molecule has 20 nitrogen and oxygen atoms in total. The predicted octanol–water partition coefficient (Wildman–Crippen LogP) is -8.22. The molecule has 20 heteroatoms. The normalized spacial score (nSPS) is 45.3. The average Bonchev–Trinajstić information content (AvgIpc) is 2.96. The molecule has 0 bridgehead atoms. The first kappa shape index (κ1) is 35.8. The van der Waals surface area contributed by atoms with Gasteiger partial charge in [-0.15, -0.1) is 0 Å². The molecular weight excluding hydrogens is 594 g/mol. The van der Waals surface area contributed by atoms with Crippen molar-refractivity contribution in [2.45, 2.75) is 111 Å². The summed E-state index contributed by atoms with van der Waals surface area (Å²) in [6, 6.07) is -1.54. The minimum atomic E-state index is -3.02. The highest BCUT2D eigenvalue weighted by atomic mass is 16.8. The van der Waals surface area contributed by atoms with Crippen molar-refractivity contribution in [3.05, 3.63) is 0 Å². The summed E-state index contributed by atoms with van der Waals surface area (Å²) in [5.41, 5.74) is 0. The minimum absolute atomic E-state index is 0.749. The van der Waals surface area contributed by atoms with Crippen LogP contribution in [0.5, 0.6) is 0 Å². The van der Waals surface area contributed by atoms with E-state index in [1.165, 1.54) is 0 Å². The van der Waals surface area contributed by atoms with Crippen molar-refractivity contribution in [3.63, 3.8) is 0 Å². The summed E-state index contributed by atoms with van der Waals surface area (Å²) in [6.45, 7) is -1.85. The molecule has 43 heavy (non-hydrogen) atoms. The number of nitrogens with one attached hydrogen (secondary N) is 1. The highest BCUT2D eigenvalue weighted by molar-refractivity contribution is 5.76. The third-order valence-electron chi connectivity index (χ3n) is 7.47. The third kappa shape index (κ3) is 7.41. The second-order valence-corrected chi connectivity index (χ2v) is 10.5. The summed E-state index contributed by atoms with van der Waals surface area (Å²) in [5, 5.41) is 124. The number of aliphatic hydroxyl groups is 11. The summed E-state index contributed by atoms with van der Waals surface area (Å²) in [5.74, 6) is -5.74. The van der Waals surface area contributed by atoms with Crippen LogP contribution in [-0.4, -0.2) is 191 Å². The largest absolute Gasteiger partial charge is 0.477 e. The van der Waals surface area contributed by atoms with Crippen molar-refractivity contribution in [1.29, 1.82) is 0 Å². The first-order chi connectivity index (χ1) is 20.1. The molecule has 3 rings (SSSR count). The fourth-order valence-electron chi connectivity index (χ4n) is 5.16. The molecule has 3 fully saturated rings. The van der Waals surface area contributed by atoms with Crippen LogP contribution >= 0.6 is 0 Å². The molecule has 0 saturated carbocycles. The number of carboxylic acid groups (broad SMARTS) is 1. The number of ether oxygens (including phenoxy) is 5. The van der Waals surface area contributed by atoms with Gasteiger partial charge >= 0.3 is 5.97 Å². The van der Waals surface area contributed by atoms with E-state index < -0.39 is 136 Å². The summed E-state index contributed by atoms with van der Waals surface area (Å²) in [7, 11) is 0. The molecule has 0 aromatic rings.